The third kappa shape index (κ3) is 6.52. The van der Waals surface area contributed by atoms with Gasteiger partial charge in [-0.25, -0.2) is 4.98 Å². The molecule has 1 aliphatic carbocycles. The number of aromatic nitrogens is 2. The summed E-state index contributed by atoms with van der Waals surface area (Å²) in [5.74, 6) is 2.48. The molecule has 3 aromatic rings. The Kier molecular flexibility index (Phi) is 8.25. The zero-order valence-electron chi connectivity index (χ0n) is 23.1. The summed E-state index contributed by atoms with van der Waals surface area (Å²) in [6.45, 7) is 9.02. The van der Waals surface area contributed by atoms with E-state index in [1.807, 2.05) is 55.2 Å². The first-order valence-corrected chi connectivity index (χ1v) is 16.6. The molecule has 1 aromatic carbocycles. The molecule has 1 fully saturated rings. The Balaban J connectivity index is 1.66. The van der Waals surface area contributed by atoms with Crippen molar-refractivity contribution in [1.29, 1.82) is 0 Å². The number of nitrogens with zero attached hydrogens (tertiary/aromatic N) is 3. The van der Waals surface area contributed by atoms with Crippen LogP contribution in [0.5, 0.6) is 11.5 Å². The van der Waals surface area contributed by atoms with Crippen molar-refractivity contribution < 1.29 is 19.0 Å². The number of carbonyl (C=O) groups is 1. The summed E-state index contributed by atoms with van der Waals surface area (Å²) >= 11 is 0. The fourth-order valence-corrected chi connectivity index (χ4v) is 5.40. The van der Waals surface area contributed by atoms with Crippen molar-refractivity contribution in [3.8, 4) is 22.6 Å². The van der Waals surface area contributed by atoms with Crippen LogP contribution in [0, 0.1) is 11.8 Å². The minimum Gasteiger partial charge on any atom is -0.496 e. The number of ether oxygens (including phenoxy) is 3. The number of benzene rings is 1. The van der Waals surface area contributed by atoms with Gasteiger partial charge in [0.15, 0.2) is 0 Å². The molecule has 0 spiro atoms. The van der Waals surface area contributed by atoms with E-state index >= 15 is 0 Å². The topological polar surface area (TPSA) is 77.9 Å². The van der Waals surface area contributed by atoms with Crippen molar-refractivity contribution in [1.82, 2.24) is 14.5 Å². The van der Waals surface area contributed by atoms with Crippen molar-refractivity contribution in [2.24, 2.45) is 11.8 Å². The molecule has 1 N–H and O–H groups in total. The van der Waals surface area contributed by atoms with Crippen LogP contribution in [0.4, 0.5) is 5.82 Å². The van der Waals surface area contributed by atoms with E-state index in [0.717, 1.165) is 52.7 Å². The summed E-state index contributed by atoms with van der Waals surface area (Å²) in [5, 5.41) is 3.98. The van der Waals surface area contributed by atoms with Gasteiger partial charge in [0.25, 0.3) is 0 Å². The summed E-state index contributed by atoms with van der Waals surface area (Å²) in [5.41, 5.74) is 2.55. The normalized spacial score (nSPS) is 17.3. The van der Waals surface area contributed by atoms with E-state index in [-0.39, 0.29) is 11.8 Å². The number of fused-ring (bicyclic) bond motifs is 1. The standard InChI is InChI=1S/C28H40N4O4Si/c1-31(2)16-19-15-21(19)28(33)30-25-12-11-20-22(26-23(34-3)9-8-10-24(26)35-4)17-32(27(20)29-25)18-36-13-14-37(5,6)7/h8-12,17,19,21H,13-16,18H2,1-7H3,(H,29,30,33)/t19-,21+/m0/s1. The molecule has 0 bridgehead atoms. The summed E-state index contributed by atoms with van der Waals surface area (Å²) in [6.07, 6.45) is 2.96. The van der Waals surface area contributed by atoms with Crippen molar-refractivity contribution in [3.05, 3.63) is 36.5 Å². The van der Waals surface area contributed by atoms with Gasteiger partial charge in [0.1, 0.15) is 29.7 Å². The van der Waals surface area contributed by atoms with Crippen LogP contribution in [0.15, 0.2) is 36.5 Å². The molecule has 0 saturated heterocycles. The predicted octanol–water partition coefficient (Wildman–Crippen LogP) is 5.17. The average Bonchev–Trinajstić information content (AvgIpc) is 3.52. The molecule has 9 heteroatoms. The van der Waals surface area contributed by atoms with E-state index in [2.05, 4.69) is 29.9 Å². The largest absolute Gasteiger partial charge is 0.496 e. The van der Waals surface area contributed by atoms with Crippen LogP contribution in [-0.2, 0) is 16.3 Å². The maximum Gasteiger partial charge on any atom is 0.228 e. The van der Waals surface area contributed by atoms with Gasteiger partial charge in [0.2, 0.25) is 5.91 Å². The first kappa shape index (κ1) is 27.2. The third-order valence-corrected chi connectivity index (χ3v) is 8.46. The SMILES string of the molecule is COc1cccc(OC)c1-c1cn(COCC[Si](C)(C)C)c2nc(NC(=O)[C@@H]3C[C@H]3CN(C)C)ccc12. The van der Waals surface area contributed by atoms with Crippen molar-refractivity contribution in [3.63, 3.8) is 0 Å². The van der Waals surface area contributed by atoms with Crippen LogP contribution in [0.1, 0.15) is 6.42 Å². The molecule has 2 heterocycles. The van der Waals surface area contributed by atoms with Gasteiger partial charge < -0.3 is 29.0 Å². The number of pyridine rings is 1. The number of hydrogen-bond acceptors (Lipinski definition) is 6. The highest BCUT2D eigenvalue weighted by Crippen LogP contribution is 2.43. The number of rotatable bonds is 12. The van der Waals surface area contributed by atoms with Gasteiger partial charge in [-0.1, -0.05) is 25.7 Å². The molecule has 8 nitrogen and oxygen atoms in total. The fraction of sp³-hybridized carbons (Fsp3) is 0.500. The number of methoxy groups -OCH3 is 2. The summed E-state index contributed by atoms with van der Waals surface area (Å²) < 4.78 is 19.5. The van der Waals surface area contributed by atoms with Crippen LogP contribution >= 0.6 is 0 Å². The Morgan fingerprint density at radius 3 is 2.46 bits per heavy atom. The number of nitrogens with one attached hydrogen (secondary N) is 1. The Bertz CT molecular complexity index is 1230. The Labute approximate surface area is 220 Å². The zero-order valence-corrected chi connectivity index (χ0v) is 24.1. The van der Waals surface area contributed by atoms with Gasteiger partial charge in [-0.05, 0) is 56.7 Å². The van der Waals surface area contributed by atoms with Gasteiger partial charge >= 0.3 is 0 Å². The highest BCUT2D eigenvalue weighted by molar-refractivity contribution is 6.76. The van der Waals surface area contributed by atoms with Crippen LogP contribution in [0.2, 0.25) is 25.7 Å². The summed E-state index contributed by atoms with van der Waals surface area (Å²) in [6, 6.07) is 10.7. The lowest BCUT2D eigenvalue weighted by Gasteiger charge is -2.15. The number of carbonyl (C=O) groups excluding carboxylic acids is 1. The predicted molar refractivity (Wildman–Crippen MR) is 151 cm³/mol. The quantitative estimate of drug-likeness (QED) is 0.260. The van der Waals surface area contributed by atoms with E-state index in [1.54, 1.807) is 14.2 Å². The van der Waals surface area contributed by atoms with Crippen LogP contribution in [-0.4, -0.2) is 69.9 Å². The highest BCUT2D eigenvalue weighted by Gasteiger charge is 2.43. The molecule has 2 aromatic heterocycles. The molecule has 200 valence electrons. The Morgan fingerprint density at radius 1 is 1.14 bits per heavy atom. The van der Waals surface area contributed by atoms with E-state index in [4.69, 9.17) is 19.2 Å². The second-order valence-corrected chi connectivity index (χ2v) is 16.9. The smallest absolute Gasteiger partial charge is 0.228 e. The van der Waals surface area contributed by atoms with Gasteiger partial charge in [-0.2, -0.15) is 0 Å². The lowest BCUT2D eigenvalue weighted by Crippen LogP contribution is -2.22. The maximum absolute atomic E-state index is 12.9. The highest BCUT2D eigenvalue weighted by atomic mass is 28.3. The molecule has 1 saturated carbocycles. The summed E-state index contributed by atoms with van der Waals surface area (Å²) in [7, 11) is 6.19. The van der Waals surface area contributed by atoms with Crippen molar-refractivity contribution in [2.45, 2.75) is 38.8 Å². The summed E-state index contributed by atoms with van der Waals surface area (Å²) in [4.78, 5) is 19.8. The molecular weight excluding hydrogens is 484 g/mol. The first-order chi connectivity index (χ1) is 17.6. The van der Waals surface area contributed by atoms with Crippen molar-refractivity contribution >= 4 is 30.8 Å². The third-order valence-electron chi connectivity index (χ3n) is 6.76. The number of hydrogen-bond donors (Lipinski definition) is 1. The van der Waals surface area contributed by atoms with E-state index in [1.165, 1.54) is 0 Å². The van der Waals surface area contributed by atoms with Crippen LogP contribution in [0.25, 0.3) is 22.2 Å². The molecule has 1 amide bonds. The molecule has 2 atom stereocenters. The van der Waals surface area contributed by atoms with Gasteiger partial charge in [-0.3, -0.25) is 4.79 Å². The Hall–Kier alpha value is -2.88. The van der Waals surface area contributed by atoms with Crippen molar-refractivity contribution in [2.75, 3.05) is 46.8 Å². The maximum atomic E-state index is 12.9. The molecule has 0 radical (unpaired) electrons. The monoisotopic (exact) mass is 524 g/mol. The van der Waals surface area contributed by atoms with E-state index in [9.17, 15) is 4.79 Å². The van der Waals surface area contributed by atoms with E-state index < -0.39 is 8.07 Å². The van der Waals surface area contributed by atoms with Gasteiger partial charge in [0, 0.05) is 44.3 Å². The first-order valence-electron chi connectivity index (χ1n) is 12.9. The minimum atomic E-state index is -1.20. The molecule has 0 unspecified atom stereocenters. The Morgan fingerprint density at radius 2 is 1.84 bits per heavy atom. The fourth-order valence-electron chi connectivity index (χ4n) is 4.65. The van der Waals surface area contributed by atoms with Crippen LogP contribution < -0.4 is 14.8 Å². The molecule has 0 aliphatic heterocycles. The second-order valence-electron chi connectivity index (χ2n) is 11.3. The lowest BCUT2D eigenvalue weighted by molar-refractivity contribution is -0.117. The van der Waals surface area contributed by atoms with Gasteiger partial charge in [-0.15, -0.1) is 0 Å². The molecule has 4 rings (SSSR count). The number of anilines is 1. The van der Waals surface area contributed by atoms with Gasteiger partial charge in [0.05, 0.1) is 19.8 Å². The van der Waals surface area contributed by atoms with Crippen LogP contribution in [0.3, 0.4) is 0 Å². The molecule has 37 heavy (non-hydrogen) atoms. The second kappa shape index (κ2) is 11.2. The molecular formula is C28H40N4O4Si. The number of amides is 1. The van der Waals surface area contributed by atoms with E-state index in [0.29, 0.717) is 25.1 Å². The molecule has 1 aliphatic rings. The minimum absolute atomic E-state index is 0.0369. The zero-order chi connectivity index (χ0) is 26.7. The lowest BCUT2D eigenvalue weighted by atomic mass is 10.0. The average molecular weight is 525 g/mol.